The Morgan fingerprint density at radius 2 is 1.78 bits per heavy atom. The number of amides is 1. The van der Waals surface area contributed by atoms with E-state index in [1.165, 1.54) is 0 Å². The minimum Gasteiger partial charge on any atom is -0.367 e. The molecule has 0 atom stereocenters. The first-order valence-corrected chi connectivity index (χ1v) is 12.1. The lowest BCUT2D eigenvalue weighted by Gasteiger charge is -2.30. The summed E-state index contributed by atoms with van der Waals surface area (Å²) in [6, 6.07) is 8.31. The predicted molar refractivity (Wildman–Crippen MR) is 124 cm³/mol. The van der Waals surface area contributed by atoms with E-state index in [1.54, 1.807) is 0 Å². The van der Waals surface area contributed by atoms with Crippen molar-refractivity contribution in [3.8, 4) is 5.69 Å². The second-order valence-electron chi connectivity index (χ2n) is 9.45. The Labute approximate surface area is 192 Å². The second-order valence-corrected chi connectivity index (χ2v) is 9.89. The molecule has 0 spiro atoms. The van der Waals surface area contributed by atoms with Crippen molar-refractivity contribution in [1.82, 2.24) is 25.1 Å². The quantitative estimate of drug-likeness (QED) is 0.573. The van der Waals surface area contributed by atoms with Gasteiger partial charge < -0.3 is 10.6 Å². The molecule has 32 heavy (non-hydrogen) atoms. The molecule has 3 aliphatic rings. The zero-order valence-corrected chi connectivity index (χ0v) is 18.7. The van der Waals surface area contributed by atoms with E-state index in [9.17, 15) is 4.79 Å². The fourth-order valence-corrected chi connectivity index (χ4v) is 4.78. The van der Waals surface area contributed by atoms with E-state index in [1.807, 2.05) is 35.1 Å². The number of carbonyl (C=O) groups is 1. The lowest BCUT2D eigenvalue weighted by molar-refractivity contribution is -0.123. The molecule has 2 N–H and O–H groups in total. The van der Waals surface area contributed by atoms with Crippen LogP contribution in [0.2, 0.25) is 5.02 Å². The Kier molecular flexibility index (Phi) is 5.01. The highest BCUT2D eigenvalue weighted by atomic mass is 35.5. The monoisotopic (exact) mass is 450 g/mol. The zero-order valence-electron chi connectivity index (χ0n) is 17.9. The molecule has 1 amide bonds. The average Bonchev–Trinajstić information content (AvgIpc) is 3.71. The number of nitrogens with zero attached hydrogens (tertiary/aromatic N) is 4. The van der Waals surface area contributed by atoms with E-state index in [0.717, 1.165) is 79.7 Å². The maximum atomic E-state index is 12.1. The fraction of sp³-hybridized carbons (Fsp3) is 0.500. The third-order valence-electron chi connectivity index (χ3n) is 6.80. The van der Waals surface area contributed by atoms with E-state index >= 15 is 0 Å². The van der Waals surface area contributed by atoms with Crippen LogP contribution in [-0.4, -0.2) is 37.7 Å². The predicted octanol–water partition coefficient (Wildman–Crippen LogP) is 4.60. The van der Waals surface area contributed by atoms with Crippen LogP contribution in [0.25, 0.3) is 16.7 Å². The summed E-state index contributed by atoms with van der Waals surface area (Å²) in [4.78, 5) is 21.9. The van der Waals surface area contributed by atoms with Gasteiger partial charge in [0.1, 0.15) is 11.6 Å². The largest absolute Gasteiger partial charge is 0.367 e. The molecule has 166 valence electrons. The number of hydrogen-bond donors (Lipinski definition) is 2. The van der Waals surface area contributed by atoms with Crippen molar-refractivity contribution < 1.29 is 4.79 Å². The maximum absolute atomic E-state index is 12.1. The van der Waals surface area contributed by atoms with Crippen LogP contribution < -0.4 is 10.6 Å². The van der Waals surface area contributed by atoms with Gasteiger partial charge in [0.05, 0.1) is 17.3 Å². The Morgan fingerprint density at radius 1 is 1.00 bits per heavy atom. The van der Waals surface area contributed by atoms with Crippen LogP contribution in [0.3, 0.4) is 0 Å². The summed E-state index contributed by atoms with van der Waals surface area (Å²) in [5.74, 6) is 2.74. The van der Waals surface area contributed by atoms with E-state index in [4.69, 9.17) is 21.6 Å². The molecule has 3 aliphatic carbocycles. The number of benzene rings is 1. The molecule has 2 aromatic heterocycles. The number of rotatable bonds is 6. The molecule has 6 rings (SSSR count). The second kappa shape index (κ2) is 8.03. The molecule has 7 nitrogen and oxygen atoms in total. The molecule has 0 unspecified atom stereocenters. The van der Waals surface area contributed by atoms with Gasteiger partial charge in [-0.1, -0.05) is 17.7 Å². The third-order valence-corrected chi connectivity index (χ3v) is 7.04. The van der Waals surface area contributed by atoms with E-state index in [2.05, 4.69) is 15.7 Å². The molecule has 0 radical (unpaired) electrons. The molecule has 8 heteroatoms. The van der Waals surface area contributed by atoms with Crippen molar-refractivity contribution in [2.45, 2.75) is 69.4 Å². The van der Waals surface area contributed by atoms with Gasteiger partial charge in [0.25, 0.3) is 0 Å². The minimum atomic E-state index is 0.251. The van der Waals surface area contributed by atoms with Crippen LogP contribution in [-0.2, 0) is 4.79 Å². The highest BCUT2D eigenvalue weighted by Gasteiger charge is 2.33. The van der Waals surface area contributed by atoms with Crippen LogP contribution in [0.1, 0.15) is 63.1 Å². The standard InChI is InChI=1S/C24H27ClN6O/c25-16-2-1-3-19(12-16)31-23-20(13-26-31)22(29-21(30-23)14-4-5-14)27-17-8-10-18(11-9-17)28-24(32)15-6-7-15/h1-3,12-15,17-18H,4-11H2,(H,28,32)(H,27,29,30). The molecule has 3 fully saturated rings. The third kappa shape index (κ3) is 4.06. The van der Waals surface area contributed by atoms with Crippen molar-refractivity contribution >= 4 is 34.4 Å². The van der Waals surface area contributed by atoms with Gasteiger partial charge in [-0.15, -0.1) is 0 Å². The van der Waals surface area contributed by atoms with Crippen LogP contribution in [0.15, 0.2) is 30.5 Å². The lowest BCUT2D eigenvalue weighted by atomic mass is 9.91. The van der Waals surface area contributed by atoms with Gasteiger partial charge in [-0.05, 0) is 69.6 Å². The highest BCUT2D eigenvalue weighted by molar-refractivity contribution is 6.30. The van der Waals surface area contributed by atoms with Gasteiger partial charge in [0.15, 0.2) is 5.65 Å². The number of nitrogens with one attached hydrogen (secondary N) is 2. The van der Waals surface area contributed by atoms with Crippen LogP contribution in [0.5, 0.6) is 0 Å². The SMILES string of the molecule is O=C(NC1CCC(Nc2nc(C3CC3)nc3c2cnn3-c2cccc(Cl)c2)CC1)C1CC1. The number of aromatic nitrogens is 4. The van der Waals surface area contributed by atoms with E-state index < -0.39 is 0 Å². The lowest BCUT2D eigenvalue weighted by Crippen LogP contribution is -2.40. The first kappa shape index (κ1) is 20.0. The van der Waals surface area contributed by atoms with Gasteiger partial charge in [-0.3, -0.25) is 4.79 Å². The molecule has 0 bridgehead atoms. The molecule has 0 aliphatic heterocycles. The average molecular weight is 451 g/mol. The smallest absolute Gasteiger partial charge is 0.223 e. The van der Waals surface area contributed by atoms with Crippen molar-refractivity contribution in [2.75, 3.05) is 5.32 Å². The Hall–Kier alpha value is -2.67. The minimum absolute atomic E-state index is 0.251. The number of anilines is 1. The first-order valence-electron chi connectivity index (χ1n) is 11.7. The van der Waals surface area contributed by atoms with Crippen LogP contribution in [0.4, 0.5) is 5.82 Å². The van der Waals surface area contributed by atoms with Crippen molar-refractivity contribution in [3.63, 3.8) is 0 Å². The van der Waals surface area contributed by atoms with E-state index in [0.29, 0.717) is 23.0 Å². The van der Waals surface area contributed by atoms with Gasteiger partial charge in [-0.2, -0.15) is 5.10 Å². The number of fused-ring (bicyclic) bond motifs is 1. The number of hydrogen-bond acceptors (Lipinski definition) is 5. The number of halogens is 1. The molecule has 0 saturated heterocycles. The van der Waals surface area contributed by atoms with Gasteiger partial charge in [-0.25, -0.2) is 14.6 Å². The van der Waals surface area contributed by atoms with E-state index in [-0.39, 0.29) is 11.8 Å². The summed E-state index contributed by atoms with van der Waals surface area (Å²) in [7, 11) is 0. The summed E-state index contributed by atoms with van der Waals surface area (Å²) < 4.78 is 1.85. The summed E-state index contributed by atoms with van der Waals surface area (Å²) in [6.45, 7) is 0. The topological polar surface area (TPSA) is 84.7 Å². The van der Waals surface area contributed by atoms with Crippen molar-refractivity contribution in [1.29, 1.82) is 0 Å². The summed E-state index contributed by atoms with van der Waals surface area (Å²) in [5, 5.41) is 13.1. The van der Waals surface area contributed by atoms with Crippen molar-refractivity contribution in [3.05, 3.63) is 41.3 Å². The summed E-state index contributed by atoms with van der Waals surface area (Å²) >= 11 is 6.22. The summed E-state index contributed by atoms with van der Waals surface area (Å²) in [5.41, 5.74) is 1.71. The Morgan fingerprint density at radius 3 is 2.50 bits per heavy atom. The number of carbonyl (C=O) groups excluding carboxylic acids is 1. The Bertz CT molecular complexity index is 1160. The molecular weight excluding hydrogens is 424 g/mol. The molecule has 3 saturated carbocycles. The molecular formula is C24H27ClN6O. The Balaban J connectivity index is 1.23. The van der Waals surface area contributed by atoms with Crippen molar-refractivity contribution in [2.24, 2.45) is 5.92 Å². The van der Waals surface area contributed by atoms with Gasteiger partial charge >= 0.3 is 0 Å². The highest BCUT2D eigenvalue weighted by Crippen LogP contribution is 2.40. The first-order chi connectivity index (χ1) is 15.6. The summed E-state index contributed by atoms with van der Waals surface area (Å²) in [6.07, 6.45) is 10.3. The zero-order chi connectivity index (χ0) is 21.7. The maximum Gasteiger partial charge on any atom is 0.223 e. The van der Waals surface area contributed by atoms with Crippen LogP contribution >= 0.6 is 11.6 Å². The molecule has 3 aromatic rings. The molecule has 1 aromatic carbocycles. The van der Waals surface area contributed by atoms with Gasteiger partial charge in [0.2, 0.25) is 5.91 Å². The molecule has 2 heterocycles. The van der Waals surface area contributed by atoms with Crippen LogP contribution in [0, 0.1) is 5.92 Å². The van der Waals surface area contributed by atoms with Gasteiger partial charge in [0, 0.05) is 28.9 Å². The fourth-order valence-electron chi connectivity index (χ4n) is 4.60. The normalized spacial score (nSPS) is 23.3.